The van der Waals surface area contributed by atoms with Crippen molar-refractivity contribution in [2.45, 2.75) is 20.3 Å². The first-order valence-electron chi connectivity index (χ1n) is 6.63. The summed E-state index contributed by atoms with van der Waals surface area (Å²) in [5.41, 5.74) is 7.58. The van der Waals surface area contributed by atoms with Crippen molar-refractivity contribution in [1.29, 1.82) is 0 Å². The molecule has 1 amide bonds. The van der Waals surface area contributed by atoms with Gasteiger partial charge in [-0.3, -0.25) is 9.48 Å². The number of nitrogens with two attached hydrogens (primary N) is 1. The van der Waals surface area contributed by atoms with Gasteiger partial charge in [0, 0.05) is 20.1 Å². The molecular weight excluding hydrogens is 272 g/mol. The van der Waals surface area contributed by atoms with Gasteiger partial charge in [-0.25, -0.2) is 0 Å². The minimum atomic E-state index is -0.0233. The summed E-state index contributed by atoms with van der Waals surface area (Å²) in [6.07, 6.45) is 2.65. The molecule has 0 aliphatic rings. The summed E-state index contributed by atoms with van der Waals surface area (Å²) in [5, 5.41) is 5.23. The van der Waals surface area contributed by atoms with E-state index in [2.05, 4.69) is 11.7 Å². The third kappa shape index (κ3) is 2.31. The van der Waals surface area contributed by atoms with E-state index in [1.165, 1.54) is 11.3 Å². The molecular formula is C14H20N4OS. The molecule has 0 unspecified atom stereocenters. The standard InChI is InChI=1S/C14H20N4OS/c1-5-7-18(8-6-2)13(19)12-11(15)10-9(3)16-17(4)14(10)20-12/h5H,1,6-8,15H2,2-4H3. The predicted octanol–water partition coefficient (Wildman–Crippen LogP) is 2.56. The van der Waals surface area contributed by atoms with Crippen molar-refractivity contribution in [3.63, 3.8) is 0 Å². The molecule has 20 heavy (non-hydrogen) atoms. The van der Waals surface area contributed by atoms with Gasteiger partial charge in [-0.15, -0.1) is 17.9 Å². The average molecular weight is 292 g/mol. The molecule has 2 aromatic heterocycles. The van der Waals surface area contributed by atoms with Crippen LogP contribution in [0.15, 0.2) is 12.7 Å². The fraction of sp³-hybridized carbons (Fsp3) is 0.429. The smallest absolute Gasteiger partial charge is 0.266 e. The number of fused-ring (bicyclic) bond motifs is 1. The minimum absolute atomic E-state index is 0.0233. The Labute approximate surface area is 122 Å². The third-order valence-corrected chi connectivity index (χ3v) is 4.47. The fourth-order valence-electron chi connectivity index (χ4n) is 2.33. The maximum atomic E-state index is 12.6. The predicted molar refractivity (Wildman–Crippen MR) is 84.1 cm³/mol. The van der Waals surface area contributed by atoms with Crippen LogP contribution in [0.5, 0.6) is 0 Å². The number of carbonyl (C=O) groups excluding carboxylic acids is 1. The highest BCUT2D eigenvalue weighted by Gasteiger charge is 2.24. The van der Waals surface area contributed by atoms with E-state index in [0.717, 1.165) is 22.3 Å². The molecule has 0 spiro atoms. The lowest BCUT2D eigenvalue weighted by Crippen LogP contribution is -2.31. The van der Waals surface area contributed by atoms with Crippen LogP contribution in [0.2, 0.25) is 0 Å². The zero-order valence-electron chi connectivity index (χ0n) is 12.1. The number of aryl methyl sites for hydroxylation is 2. The number of hydrogen-bond acceptors (Lipinski definition) is 4. The summed E-state index contributed by atoms with van der Waals surface area (Å²) < 4.78 is 1.78. The van der Waals surface area contributed by atoms with Gasteiger partial charge in [0.15, 0.2) is 0 Å². The van der Waals surface area contributed by atoms with E-state index in [1.807, 2.05) is 20.9 Å². The first-order chi connectivity index (χ1) is 9.51. The SMILES string of the molecule is C=CCN(CCC)C(=O)c1sc2c(c(C)nn2C)c1N. The van der Waals surface area contributed by atoms with Crippen LogP contribution in [-0.2, 0) is 7.05 Å². The number of nitrogens with zero attached hydrogens (tertiary/aromatic N) is 3. The second-order valence-electron chi connectivity index (χ2n) is 4.77. The van der Waals surface area contributed by atoms with Crippen LogP contribution in [-0.4, -0.2) is 33.7 Å². The minimum Gasteiger partial charge on any atom is -0.397 e. The van der Waals surface area contributed by atoms with Gasteiger partial charge in [-0.05, 0) is 13.3 Å². The number of anilines is 1. The van der Waals surface area contributed by atoms with Gasteiger partial charge in [0.05, 0.1) is 16.8 Å². The van der Waals surface area contributed by atoms with E-state index >= 15 is 0 Å². The molecule has 2 heterocycles. The van der Waals surface area contributed by atoms with Crippen LogP contribution < -0.4 is 5.73 Å². The normalized spacial score (nSPS) is 10.9. The summed E-state index contributed by atoms with van der Waals surface area (Å²) in [5.74, 6) is -0.0233. The van der Waals surface area contributed by atoms with Crippen molar-refractivity contribution in [2.75, 3.05) is 18.8 Å². The molecule has 0 radical (unpaired) electrons. The van der Waals surface area contributed by atoms with Crippen molar-refractivity contribution >= 4 is 33.1 Å². The Bertz CT molecular complexity index is 656. The average Bonchev–Trinajstić information content (AvgIpc) is 2.88. The molecule has 0 bridgehead atoms. The lowest BCUT2D eigenvalue weighted by atomic mass is 10.2. The van der Waals surface area contributed by atoms with Gasteiger partial charge >= 0.3 is 0 Å². The highest BCUT2D eigenvalue weighted by Crippen LogP contribution is 2.36. The van der Waals surface area contributed by atoms with E-state index in [-0.39, 0.29) is 5.91 Å². The molecule has 108 valence electrons. The van der Waals surface area contributed by atoms with E-state index < -0.39 is 0 Å². The van der Waals surface area contributed by atoms with Crippen LogP contribution in [0, 0.1) is 6.92 Å². The lowest BCUT2D eigenvalue weighted by molar-refractivity contribution is 0.0780. The molecule has 0 fully saturated rings. The molecule has 0 aromatic carbocycles. The number of hydrogen-bond donors (Lipinski definition) is 1. The first-order valence-corrected chi connectivity index (χ1v) is 7.44. The summed E-state index contributed by atoms with van der Waals surface area (Å²) in [7, 11) is 1.87. The number of amides is 1. The Morgan fingerprint density at radius 1 is 1.60 bits per heavy atom. The van der Waals surface area contributed by atoms with E-state index in [0.29, 0.717) is 23.7 Å². The number of rotatable bonds is 5. The quantitative estimate of drug-likeness (QED) is 0.861. The summed E-state index contributed by atoms with van der Waals surface area (Å²) in [6, 6.07) is 0. The third-order valence-electron chi connectivity index (χ3n) is 3.21. The topological polar surface area (TPSA) is 64.2 Å². The Kier molecular flexibility index (Phi) is 4.13. The van der Waals surface area contributed by atoms with Crippen molar-refractivity contribution in [3.05, 3.63) is 23.2 Å². The fourth-order valence-corrected chi connectivity index (χ4v) is 3.49. The molecule has 0 saturated carbocycles. The molecule has 2 N–H and O–H groups in total. The van der Waals surface area contributed by atoms with Crippen LogP contribution in [0.25, 0.3) is 10.2 Å². The van der Waals surface area contributed by atoms with Gasteiger partial charge in [0.25, 0.3) is 5.91 Å². The molecule has 0 aliphatic carbocycles. The Hall–Kier alpha value is -1.82. The number of nitrogen functional groups attached to an aromatic ring is 1. The zero-order valence-corrected chi connectivity index (χ0v) is 13.0. The molecule has 0 atom stereocenters. The van der Waals surface area contributed by atoms with Gasteiger partial charge in [0.2, 0.25) is 0 Å². The molecule has 2 aromatic rings. The molecule has 5 nitrogen and oxygen atoms in total. The zero-order chi connectivity index (χ0) is 14.9. The van der Waals surface area contributed by atoms with Crippen LogP contribution in [0.3, 0.4) is 0 Å². The number of aromatic nitrogens is 2. The van der Waals surface area contributed by atoms with Crippen molar-refractivity contribution < 1.29 is 4.79 Å². The Morgan fingerprint density at radius 2 is 2.30 bits per heavy atom. The number of thiophene rings is 1. The second-order valence-corrected chi connectivity index (χ2v) is 5.77. The largest absolute Gasteiger partial charge is 0.397 e. The van der Waals surface area contributed by atoms with E-state index in [9.17, 15) is 4.79 Å². The Balaban J connectivity index is 2.46. The first kappa shape index (κ1) is 14.6. The monoisotopic (exact) mass is 292 g/mol. The highest BCUT2D eigenvalue weighted by molar-refractivity contribution is 7.21. The molecule has 0 aliphatic heterocycles. The van der Waals surface area contributed by atoms with Gasteiger partial charge in [-0.1, -0.05) is 13.0 Å². The molecule has 0 saturated heterocycles. The van der Waals surface area contributed by atoms with Crippen LogP contribution in [0.4, 0.5) is 5.69 Å². The Morgan fingerprint density at radius 3 is 2.85 bits per heavy atom. The highest BCUT2D eigenvalue weighted by atomic mass is 32.1. The van der Waals surface area contributed by atoms with Crippen molar-refractivity contribution in [2.24, 2.45) is 7.05 Å². The van der Waals surface area contributed by atoms with Gasteiger partial charge < -0.3 is 10.6 Å². The summed E-state index contributed by atoms with van der Waals surface area (Å²) >= 11 is 1.41. The summed E-state index contributed by atoms with van der Waals surface area (Å²) in [6.45, 7) is 8.91. The lowest BCUT2D eigenvalue weighted by Gasteiger charge is -2.19. The van der Waals surface area contributed by atoms with Gasteiger partial charge in [-0.2, -0.15) is 5.10 Å². The van der Waals surface area contributed by atoms with Gasteiger partial charge in [0.1, 0.15) is 9.71 Å². The molecule has 6 heteroatoms. The van der Waals surface area contributed by atoms with Crippen LogP contribution in [0.1, 0.15) is 28.7 Å². The molecule has 2 rings (SSSR count). The van der Waals surface area contributed by atoms with Crippen LogP contribution >= 0.6 is 11.3 Å². The maximum Gasteiger partial charge on any atom is 0.266 e. The van der Waals surface area contributed by atoms with Crippen molar-refractivity contribution in [1.82, 2.24) is 14.7 Å². The van der Waals surface area contributed by atoms with E-state index in [4.69, 9.17) is 5.73 Å². The van der Waals surface area contributed by atoms with Crippen molar-refractivity contribution in [3.8, 4) is 0 Å². The maximum absolute atomic E-state index is 12.6. The van der Waals surface area contributed by atoms with E-state index in [1.54, 1.807) is 15.7 Å². The summed E-state index contributed by atoms with van der Waals surface area (Å²) in [4.78, 5) is 15.9. The second kappa shape index (κ2) is 5.66. The number of carbonyl (C=O) groups is 1.